The fourth-order valence-electron chi connectivity index (χ4n) is 2.69. The van der Waals surface area contributed by atoms with Gasteiger partial charge in [0.25, 0.3) is 0 Å². The highest BCUT2D eigenvalue weighted by molar-refractivity contribution is 5.75. The van der Waals surface area contributed by atoms with Gasteiger partial charge in [0.1, 0.15) is 5.83 Å². The molecule has 2 nitrogen and oxygen atoms in total. The molecule has 0 radical (unpaired) electrons. The second-order valence-corrected chi connectivity index (χ2v) is 5.05. The average Bonchev–Trinajstić information content (AvgIpc) is 2.69. The molecule has 0 unspecified atom stereocenters. The summed E-state index contributed by atoms with van der Waals surface area (Å²) in [5, 5.41) is 5.94. The first-order chi connectivity index (χ1) is 9.99. The van der Waals surface area contributed by atoms with Gasteiger partial charge < -0.3 is 10.6 Å². The van der Waals surface area contributed by atoms with Gasteiger partial charge in [0.05, 0.1) is 11.0 Å². The molecule has 1 aliphatic rings. The van der Waals surface area contributed by atoms with Crippen LogP contribution in [0.3, 0.4) is 0 Å². The summed E-state index contributed by atoms with van der Waals surface area (Å²) in [6.07, 6.45) is 0. The van der Waals surface area contributed by atoms with Gasteiger partial charge in [-0.05, 0) is 24.7 Å². The highest BCUT2D eigenvalue weighted by atomic mass is 19.2. The van der Waals surface area contributed by atoms with E-state index in [2.05, 4.69) is 10.6 Å². The third kappa shape index (κ3) is 2.46. The van der Waals surface area contributed by atoms with Crippen LogP contribution in [-0.4, -0.2) is 26.2 Å². The smallest absolute Gasteiger partial charge is 0.169 e. The predicted molar refractivity (Wildman–Crippen MR) is 74.3 cm³/mol. The first-order valence-corrected chi connectivity index (χ1v) is 6.95. The minimum absolute atomic E-state index is 0.105. The summed E-state index contributed by atoms with van der Waals surface area (Å²) in [5.41, 5.74) is -1.80. The number of rotatable bonds is 6. The van der Waals surface area contributed by atoms with Crippen molar-refractivity contribution in [2.45, 2.75) is 19.3 Å². The maximum Gasteiger partial charge on any atom is 0.169 e. The zero-order valence-corrected chi connectivity index (χ0v) is 12.0. The van der Waals surface area contributed by atoms with Gasteiger partial charge in [0, 0.05) is 13.1 Å². The van der Waals surface area contributed by atoms with E-state index in [4.69, 9.17) is 0 Å². The Morgan fingerprint density at radius 1 is 0.952 bits per heavy atom. The highest BCUT2D eigenvalue weighted by Gasteiger charge is 2.48. The second-order valence-electron chi connectivity index (χ2n) is 5.05. The summed E-state index contributed by atoms with van der Waals surface area (Å²) in [5.74, 6) is -4.88. The Balaban J connectivity index is 2.59. The number of benzene rings is 1. The molecule has 116 valence electrons. The number of nitrogens with one attached hydrogen (secondary N) is 2. The van der Waals surface area contributed by atoms with Crippen molar-refractivity contribution in [3.8, 4) is 0 Å². The van der Waals surface area contributed by atoms with Crippen molar-refractivity contribution in [2.75, 3.05) is 26.2 Å². The largest absolute Gasteiger partial charge is 0.316 e. The lowest BCUT2D eigenvalue weighted by atomic mass is 9.81. The molecule has 0 heterocycles. The predicted octanol–water partition coefficient (Wildman–Crippen LogP) is 3.04. The van der Waals surface area contributed by atoms with Gasteiger partial charge in [-0.15, -0.1) is 0 Å². The van der Waals surface area contributed by atoms with Crippen molar-refractivity contribution < 1.29 is 17.6 Å². The first kappa shape index (κ1) is 16.0. The molecular weight excluding hydrogens is 284 g/mol. The Morgan fingerprint density at radius 2 is 1.52 bits per heavy atom. The molecular formula is C15H18F4N2. The third-order valence-corrected chi connectivity index (χ3v) is 3.80. The molecule has 1 aromatic rings. The van der Waals surface area contributed by atoms with Gasteiger partial charge in [-0.3, -0.25) is 0 Å². The van der Waals surface area contributed by atoms with E-state index in [1.165, 1.54) is 6.07 Å². The molecule has 6 heteroatoms. The Morgan fingerprint density at radius 3 is 2.05 bits per heavy atom. The second kappa shape index (κ2) is 6.15. The van der Waals surface area contributed by atoms with Crippen LogP contribution in [0, 0.1) is 11.6 Å². The zero-order chi connectivity index (χ0) is 15.6. The van der Waals surface area contributed by atoms with Crippen LogP contribution in [0.5, 0.6) is 0 Å². The molecule has 0 aliphatic heterocycles. The molecule has 0 aromatic heterocycles. The Labute approximate surface area is 121 Å². The lowest BCUT2D eigenvalue weighted by molar-refractivity contribution is 0.365. The van der Waals surface area contributed by atoms with Gasteiger partial charge in [0.15, 0.2) is 17.5 Å². The van der Waals surface area contributed by atoms with E-state index in [1.54, 1.807) is 0 Å². The van der Waals surface area contributed by atoms with Crippen molar-refractivity contribution in [1.82, 2.24) is 10.6 Å². The fraction of sp³-hybridized carbons (Fsp3) is 0.467. The van der Waals surface area contributed by atoms with Crippen LogP contribution in [0.2, 0.25) is 0 Å². The molecule has 0 bridgehead atoms. The van der Waals surface area contributed by atoms with E-state index < -0.39 is 34.3 Å². The Bertz CT molecular complexity index is 561. The quantitative estimate of drug-likeness (QED) is 0.789. The number of fused-ring (bicyclic) bond motifs is 1. The van der Waals surface area contributed by atoms with Crippen LogP contribution in [0.1, 0.15) is 25.0 Å². The van der Waals surface area contributed by atoms with Crippen molar-refractivity contribution in [3.05, 3.63) is 40.7 Å². The van der Waals surface area contributed by atoms with E-state index in [9.17, 15) is 17.6 Å². The summed E-state index contributed by atoms with van der Waals surface area (Å²) in [7, 11) is 0. The van der Waals surface area contributed by atoms with E-state index >= 15 is 0 Å². The van der Waals surface area contributed by atoms with Crippen molar-refractivity contribution in [2.24, 2.45) is 0 Å². The molecule has 0 fully saturated rings. The molecule has 1 aromatic carbocycles. The summed E-state index contributed by atoms with van der Waals surface area (Å²) >= 11 is 0. The van der Waals surface area contributed by atoms with Crippen LogP contribution in [0.4, 0.5) is 17.6 Å². The van der Waals surface area contributed by atoms with Crippen molar-refractivity contribution >= 4 is 5.83 Å². The van der Waals surface area contributed by atoms with Crippen molar-refractivity contribution in [3.63, 3.8) is 0 Å². The summed E-state index contributed by atoms with van der Waals surface area (Å²) < 4.78 is 55.8. The van der Waals surface area contributed by atoms with E-state index in [0.29, 0.717) is 13.1 Å². The normalized spacial score (nSPS) is 16.5. The molecule has 21 heavy (non-hydrogen) atoms. The van der Waals surface area contributed by atoms with Crippen LogP contribution in [0.25, 0.3) is 5.83 Å². The Hall–Kier alpha value is -1.40. The molecule has 2 rings (SSSR count). The lowest BCUT2D eigenvalue weighted by Crippen LogP contribution is -2.45. The van der Waals surface area contributed by atoms with Gasteiger partial charge in [0.2, 0.25) is 0 Å². The topological polar surface area (TPSA) is 24.1 Å². The minimum Gasteiger partial charge on any atom is -0.316 e. The van der Waals surface area contributed by atoms with Crippen LogP contribution < -0.4 is 10.6 Å². The molecule has 0 atom stereocenters. The van der Waals surface area contributed by atoms with Gasteiger partial charge >= 0.3 is 0 Å². The lowest BCUT2D eigenvalue weighted by Gasteiger charge is -2.30. The molecule has 0 saturated heterocycles. The third-order valence-electron chi connectivity index (χ3n) is 3.80. The number of hydrogen-bond acceptors (Lipinski definition) is 2. The molecule has 2 N–H and O–H groups in total. The number of halogens is 4. The summed E-state index contributed by atoms with van der Waals surface area (Å²) in [4.78, 5) is 0. The highest BCUT2D eigenvalue weighted by Crippen LogP contribution is 2.48. The van der Waals surface area contributed by atoms with Crippen LogP contribution >= 0.6 is 0 Å². The van der Waals surface area contributed by atoms with Gasteiger partial charge in [-0.25, -0.2) is 17.6 Å². The molecule has 0 amide bonds. The molecule has 1 aliphatic carbocycles. The fourth-order valence-corrected chi connectivity index (χ4v) is 2.69. The summed E-state index contributed by atoms with van der Waals surface area (Å²) in [6, 6.07) is 2.17. The summed E-state index contributed by atoms with van der Waals surface area (Å²) in [6.45, 7) is 4.99. The minimum atomic E-state index is -1.35. The number of hydrogen-bond donors (Lipinski definition) is 2. The standard InChI is InChI=1S/C15H18F4N2/c1-3-20-7-15(8-21-4-2)9-5-6-10(16)12(17)11(9)13(18)14(15)19/h5-6,20-21H,3-4,7-8H2,1-2H3. The molecule has 0 spiro atoms. The van der Waals surface area contributed by atoms with E-state index in [0.717, 1.165) is 6.07 Å². The zero-order valence-electron chi connectivity index (χ0n) is 12.0. The van der Waals surface area contributed by atoms with Gasteiger partial charge in [-0.2, -0.15) is 0 Å². The maximum atomic E-state index is 14.5. The average molecular weight is 302 g/mol. The maximum absolute atomic E-state index is 14.5. The van der Waals surface area contributed by atoms with E-state index in [1.807, 2.05) is 13.8 Å². The SMILES string of the molecule is CCNCC1(CNCC)C(F)=C(F)c2c1ccc(F)c2F. The van der Waals surface area contributed by atoms with Gasteiger partial charge in [-0.1, -0.05) is 19.9 Å². The van der Waals surface area contributed by atoms with Crippen molar-refractivity contribution in [1.29, 1.82) is 0 Å². The van der Waals surface area contributed by atoms with Crippen LogP contribution in [-0.2, 0) is 5.41 Å². The van der Waals surface area contributed by atoms with Crippen LogP contribution in [0.15, 0.2) is 18.0 Å². The number of likely N-dealkylation sites (N-methyl/N-ethyl adjacent to an activating group) is 2. The van der Waals surface area contributed by atoms with E-state index in [-0.39, 0.29) is 18.7 Å². The Kier molecular flexibility index (Phi) is 4.68. The molecule has 0 saturated carbocycles. The monoisotopic (exact) mass is 302 g/mol. The first-order valence-electron chi connectivity index (χ1n) is 6.95.